The number of carbonyl (C=O) groups is 2. The molecule has 0 aliphatic heterocycles. The van der Waals surface area contributed by atoms with Crippen LogP contribution in [0.1, 0.15) is 86.0 Å². The molecule has 4 saturated carbocycles. The van der Waals surface area contributed by atoms with E-state index in [4.69, 9.17) is 4.74 Å². The Hall–Kier alpha value is -0.860. The molecule has 0 aromatic heterocycles. The summed E-state index contributed by atoms with van der Waals surface area (Å²) in [5.74, 6) is 2.62. The molecular formula is C23H36O3. The predicted octanol–water partition coefficient (Wildman–Crippen LogP) is 5.17. The van der Waals surface area contributed by atoms with Crippen LogP contribution in [0.15, 0.2) is 0 Å². The van der Waals surface area contributed by atoms with Gasteiger partial charge in [-0.2, -0.15) is 0 Å². The van der Waals surface area contributed by atoms with Gasteiger partial charge in [0.05, 0.1) is 0 Å². The van der Waals surface area contributed by atoms with Gasteiger partial charge in [0.25, 0.3) is 0 Å². The third-order valence-corrected chi connectivity index (χ3v) is 9.36. The third kappa shape index (κ3) is 2.44. The van der Waals surface area contributed by atoms with Gasteiger partial charge in [-0.15, -0.1) is 0 Å². The van der Waals surface area contributed by atoms with Gasteiger partial charge in [-0.05, 0) is 73.0 Å². The Labute approximate surface area is 158 Å². The van der Waals surface area contributed by atoms with Crippen LogP contribution in [0.25, 0.3) is 0 Å². The molecule has 0 spiro atoms. The Morgan fingerprint density at radius 2 is 1.73 bits per heavy atom. The largest absolute Gasteiger partial charge is 0.454 e. The highest BCUT2D eigenvalue weighted by atomic mass is 16.5. The summed E-state index contributed by atoms with van der Waals surface area (Å²) >= 11 is 0. The van der Waals surface area contributed by atoms with Crippen molar-refractivity contribution in [1.82, 2.24) is 0 Å². The minimum absolute atomic E-state index is 0.0735. The van der Waals surface area contributed by atoms with Crippen molar-refractivity contribution in [3.05, 3.63) is 0 Å². The van der Waals surface area contributed by atoms with E-state index in [1.807, 2.05) is 0 Å². The van der Waals surface area contributed by atoms with Crippen LogP contribution >= 0.6 is 0 Å². The second-order valence-electron chi connectivity index (χ2n) is 11.1. The lowest BCUT2D eigenvalue weighted by Gasteiger charge is -2.63. The molecule has 0 unspecified atom stereocenters. The maximum Gasteiger partial charge on any atom is 0.303 e. The van der Waals surface area contributed by atoms with Crippen molar-refractivity contribution in [2.75, 3.05) is 0 Å². The van der Waals surface area contributed by atoms with Gasteiger partial charge in [-0.3, -0.25) is 9.59 Å². The minimum Gasteiger partial charge on any atom is -0.454 e. The number of carbonyl (C=O) groups excluding carboxylic acids is 2. The zero-order chi connectivity index (χ0) is 18.9. The van der Waals surface area contributed by atoms with Crippen molar-refractivity contribution < 1.29 is 14.3 Å². The Balaban J connectivity index is 1.67. The summed E-state index contributed by atoms with van der Waals surface area (Å²) in [5.41, 5.74) is 0.361. The highest BCUT2D eigenvalue weighted by molar-refractivity contribution is 5.87. The number of ketones is 1. The molecule has 0 bridgehead atoms. The highest BCUT2D eigenvalue weighted by Gasteiger charge is 2.64. The number of hydrogen-bond acceptors (Lipinski definition) is 3. The smallest absolute Gasteiger partial charge is 0.303 e. The summed E-state index contributed by atoms with van der Waals surface area (Å²) < 4.78 is 5.55. The van der Waals surface area contributed by atoms with Gasteiger partial charge < -0.3 is 4.74 Å². The molecule has 4 aliphatic rings. The average molecular weight is 361 g/mol. The summed E-state index contributed by atoms with van der Waals surface area (Å²) in [6.07, 6.45) is 9.33. The maximum absolute atomic E-state index is 13.1. The van der Waals surface area contributed by atoms with E-state index in [0.717, 1.165) is 11.8 Å². The molecule has 0 heterocycles. The molecule has 0 saturated heterocycles. The molecule has 146 valence electrons. The number of ether oxygens (including phenoxy) is 1. The van der Waals surface area contributed by atoms with Crippen molar-refractivity contribution in [2.24, 2.45) is 39.9 Å². The van der Waals surface area contributed by atoms with Crippen LogP contribution in [-0.4, -0.2) is 17.9 Å². The fourth-order valence-corrected chi connectivity index (χ4v) is 8.37. The van der Waals surface area contributed by atoms with Gasteiger partial charge in [0, 0.05) is 18.8 Å². The van der Waals surface area contributed by atoms with Gasteiger partial charge in [0.15, 0.2) is 11.9 Å². The first-order valence-electron chi connectivity index (χ1n) is 10.8. The van der Waals surface area contributed by atoms with E-state index >= 15 is 0 Å². The van der Waals surface area contributed by atoms with Gasteiger partial charge in [0.1, 0.15) is 0 Å². The van der Waals surface area contributed by atoms with Crippen molar-refractivity contribution in [2.45, 2.75) is 92.1 Å². The van der Waals surface area contributed by atoms with E-state index in [0.29, 0.717) is 23.7 Å². The molecule has 26 heavy (non-hydrogen) atoms. The van der Waals surface area contributed by atoms with E-state index in [-0.39, 0.29) is 22.6 Å². The Bertz CT molecular complexity index is 623. The number of fused-ring (bicyclic) bond motifs is 5. The molecule has 3 heteroatoms. The number of hydrogen-bond donors (Lipinski definition) is 0. The van der Waals surface area contributed by atoms with Crippen LogP contribution in [0.2, 0.25) is 0 Å². The molecular weight excluding hydrogens is 324 g/mol. The van der Waals surface area contributed by atoms with Gasteiger partial charge in [0.2, 0.25) is 0 Å². The molecule has 0 radical (unpaired) electrons. The van der Waals surface area contributed by atoms with Gasteiger partial charge in [-0.1, -0.05) is 34.1 Å². The zero-order valence-electron chi connectivity index (χ0n) is 17.3. The normalized spacial score (nSPS) is 49.7. The van der Waals surface area contributed by atoms with Crippen LogP contribution in [0.4, 0.5) is 0 Å². The van der Waals surface area contributed by atoms with Crippen molar-refractivity contribution >= 4 is 11.8 Å². The molecule has 4 fully saturated rings. The van der Waals surface area contributed by atoms with E-state index in [2.05, 4.69) is 27.7 Å². The first kappa shape index (κ1) is 18.5. The van der Waals surface area contributed by atoms with Gasteiger partial charge >= 0.3 is 5.97 Å². The van der Waals surface area contributed by atoms with E-state index in [9.17, 15) is 9.59 Å². The van der Waals surface area contributed by atoms with Crippen LogP contribution in [-0.2, 0) is 14.3 Å². The SMILES string of the molecule is CC(=O)O[C@@H]1C(=O)C[C@]2(C)[C@@H]3CC[C@]4(C)CCC[C@@H]4[C@@H]3CC[C@H]2C1(C)C. The average Bonchev–Trinajstić information content (AvgIpc) is 2.93. The summed E-state index contributed by atoms with van der Waals surface area (Å²) in [4.78, 5) is 24.7. The Kier molecular flexibility index (Phi) is 4.14. The van der Waals surface area contributed by atoms with E-state index in [1.165, 1.54) is 51.9 Å². The van der Waals surface area contributed by atoms with E-state index < -0.39 is 6.10 Å². The molecule has 4 aliphatic carbocycles. The second kappa shape index (κ2) is 5.82. The van der Waals surface area contributed by atoms with Crippen molar-refractivity contribution in [3.8, 4) is 0 Å². The second-order valence-corrected chi connectivity index (χ2v) is 11.1. The first-order chi connectivity index (χ1) is 12.1. The third-order valence-electron chi connectivity index (χ3n) is 9.36. The maximum atomic E-state index is 13.1. The van der Waals surface area contributed by atoms with Gasteiger partial charge in [-0.25, -0.2) is 0 Å². The predicted molar refractivity (Wildman–Crippen MR) is 101 cm³/mol. The molecule has 7 atom stereocenters. The number of esters is 1. The molecule has 0 amide bonds. The summed E-state index contributed by atoms with van der Waals surface area (Å²) in [6.45, 7) is 10.7. The fraction of sp³-hybridized carbons (Fsp3) is 0.913. The highest BCUT2D eigenvalue weighted by Crippen LogP contribution is 2.68. The summed E-state index contributed by atoms with van der Waals surface area (Å²) in [5, 5.41) is 0. The molecule has 0 aromatic carbocycles. The van der Waals surface area contributed by atoms with Crippen LogP contribution in [0, 0.1) is 39.9 Å². The van der Waals surface area contributed by atoms with Crippen LogP contribution in [0.5, 0.6) is 0 Å². The molecule has 3 nitrogen and oxygen atoms in total. The monoisotopic (exact) mass is 360 g/mol. The molecule has 0 N–H and O–H groups in total. The molecule has 0 aromatic rings. The van der Waals surface area contributed by atoms with Crippen molar-refractivity contribution in [1.29, 1.82) is 0 Å². The summed E-state index contributed by atoms with van der Waals surface area (Å²) in [6, 6.07) is 0. The lowest BCUT2D eigenvalue weighted by Crippen LogP contribution is -2.62. The quantitative estimate of drug-likeness (QED) is 0.606. The fourth-order valence-electron chi connectivity index (χ4n) is 8.37. The zero-order valence-corrected chi connectivity index (χ0v) is 17.3. The minimum atomic E-state index is -0.560. The molecule has 4 rings (SSSR count). The topological polar surface area (TPSA) is 43.4 Å². The number of rotatable bonds is 1. The number of Topliss-reactive ketones (excluding diaryl/α,β-unsaturated/α-hetero) is 1. The standard InChI is InChI=1S/C23H36O3/c1-14(24)26-20-18(25)13-23(5)17-10-12-22(4)11-6-7-16(22)15(17)8-9-19(23)21(20,2)3/h15-17,19-20H,6-13H2,1-5H3/t15-,16+,17+,19-,20+,22-,23+/m0/s1. The van der Waals surface area contributed by atoms with E-state index in [1.54, 1.807) is 0 Å². The van der Waals surface area contributed by atoms with Crippen LogP contribution in [0.3, 0.4) is 0 Å². The Morgan fingerprint density at radius 1 is 1.00 bits per heavy atom. The lowest BCUT2D eigenvalue weighted by atomic mass is 9.41. The van der Waals surface area contributed by atoms with Crippen molar-refractivity contribution in [3.63, 3.8) is 0 Å². The summed E-state index contributed by atoms with van der Waals surface area (Å²) in [7, 11) is 0. The lowest BCUT2D eigenvalue weighted by molar-refractivity contribution is -0.195. The Morgan fingerprint density at radius 3 is 2.42 bits per heavy atom. The first-order valence-corrected chi connectivity index (χ1v) is 10.8. The van der Waals surface area contributed by atoms with Crippen LogP contribution < -0.4 is 0 Å².